The van der Waals surface area contributed by atoms with Crippen LogP contribution in [0.25, 0.3) is 10.8 Å². The van der Waals surface area contributed by atoms with Crippen LogP contribution in [0.2, 0.25) is 0 Å². The fraction of sp³-hybridized carbons (Fsp3) is 0.353. The molecule has 1 aliphatic carbocycles. The second kappa shape index (κ2) is 5.63. The highest BCUT2D eigenvalue weighted by Gasteiger charge is 2.26. The molecule has 3 nitrogen and oxygen atoms in total. The van der Waals surface area contributed by atoms with Crippen LogP contribution in [0.4, 0.5) is 0 Å². The maximum atomic E-state index is 11.7. The van der Waals surface area contributed by atoms with Crippen LogP contribution in [0, 0.1) is 0 Å². The van der Waals surface area contributed by atoms with Gasteiger partial charge in [0.2, 0.25) is 0 Å². The van der Waals surface area contributed by atoms with Gasteiger partial charge in [-0.1, -0.05) is 55.3 Å². The van der Waals surface area contributed by atoms with Crippen molar-refractivity contribution in [1.29, 1.82) is 0 Å². The SMILES string of the molecule is O=C(O)C(NC1CCCC1)c1cccc2ccccc12. The van der Waals surface area contributed by atoms with Gasteiger partial charge in [0, 0.05) is 6.04 Å². The summed E-state index contributed by atoms with van der Waals surface area (Å²) in [5, 5.41) is 15.0. The van der Waals surface area contributed by atoms with Crippen molar-refractivity contribution < 1.29 is 9.90 Å². The summed E-state index contributed by atoms with van der Waals surface area (Å²) in [4.78, 5) is 11.7. The lowest BCUT2D eigenvalue weighted by Crippen LogP contribution is -2.35. The molecule has 1 unspecified atom stereocenters. The van der Waals surface area contributed by atoms with Gasteiger partial charge in [-0.3, -0.25) is 10.1 Å². The Labute approximate surface area is 118 Å². The summed E-state index contributed by atoms with van der Waals surface area (Å²) in [6, 6.07) is 13.5. The normalized spacial score (nSPS) is 17.4. The number of benzene rings is 2. The van der Waals surface area contributed by atoms with Crippen LogP contribution in [0.3, 0.4) is 0 Å². The molecular formula is C17H19NO2. The summed E-state index contributed by atoms with van der Waals surface area (Å²) in [5.41, 5.74) is 0.863. The predicted molar refractivity (Wildman–Crippen MR) is 79.7 cm³/mol. The molecule has 2 aromatic carbocycles. The number of carboxylic acid groups (broad SMARTS) is 1. The van der Waals surface area contributed by atoms with Crippen LogP contribution in [-0.4, -0.2) is 17.1 Å². The van der Waals surface area contributed by atoms with Crippen molar-refractivity contribution in [3.63, 3.8) is 0 Å². The molecule has 1 atom stereocenters. The Morgan fingerprint density at radius 3 is 2.55 bits per heavy atom. The number of hydrogen-bond donors (Lipinski definition) is 2. The van der Waals surface area contributed by atoms with Gasteiger partial charge < -0.3 is 5.11 Å². The zero-order valence-electron chi connectivity index (χ0n) is 11.4. The minimum absolute atomic E-state index is 0.329. The standard InChI is InChI=1S/C17H19NO2/c19-17(20)16(18-13-8-2-3-9-13)15-11-5-7-12-6-1-4-10-14(12)15/h1,4-7,10-11,13,16,18H,2-3,8-9H2,(H,19,20). The Morgan fingerprint density at radius 2 is 1.80 bits per heavy atom. The Hall–Kier alpha value is -1.87. The van der Waals surface area contributed by atoms with Gasteiger partial charge in [-0.15, -0.1) is 0 Å². The van der Waals surface area contributed by atoms with Crippen LogP contribution >= 0.6 is 0 Å². The monoisotopic (exact) mass is 269 g/mol. The predicted octanol–water partition coefficient (Wildman–Crippen LogP) is 3.50. The molecule has 0 heterocycles. The van der Waals surface area contributed by atoms with Gasteiger partial charge in [0.15, 0.2) is 0 Å². The first-order valence-electron chi connectivity index (χ1n) is 7.22. The fourth-order valence-corrected chi connectivity index (χ4v) is 3.12. The van der Waals surface area contributed by atoms with Crippen LogP contribution in [0.1, 0.15) is 37.3 Å². The lowest BCUT2D eigenvalue weighted by Gasteiger charge is -2.21. The van der Waals surface area contributed by atoms with E-state index < -0.39 is 12.0 Å². The van der Waals surface area contributed by atoms with E-state index in [4.69, 9.17) is 0 Å². The molecule has 0 radical (unpaired) electrons. The highest BCUT2D eigenvalue weighted by molar-refractivity contribution is 5.90. The third-order valence-electron chi connectivity index (χ3n) is 4.14. The molecule has 0 spiro atoms. The summed E-state index contributed by atoms with van der Waals surface area (Å²) >= 11 is 0. The summed E-state index contributed by atoms with van der Waals surface area (Å²) < 4.78 is 0. The van der Waals surface area contributed by atoms with Crippen molar-refractivity contribution in [3.8, 4) is 0 Å². The van der Waals surface area contributed by atoms with Crippen LogP contribution < -0.4 is 5.32 Å². The lowest BCUT2D eigenvalue weighted by atomic mass is 9.98. The zero-order chi connectivity index (χ0) is 13.9. The summed E-state index contributed by atoms with van der Waals surface area (Å²) in [6.07, 6.45) is 4.54. The molecular weight excluding hydrogens is 250 g/mol. The van der Waals surface area contributed by atoms with E-state index in [9.17, 15) is 9.90 Å². The average Bonchev–Trinajstić information content (AvgIpc) is 2.97. The first kappa shape index (κ1) is 13.1. The number of carboxylic acids is 1. The quantitative estimate of drug-likeness (QED) is 0.893. The van der Waals surface area contributed by atoms with Gasteiger partial charge in [0.05, 0.1) is 0 Å². The van der Waals surface area contributed by atoms with E-state index in [0.29, 0.717) is 6.04 Å². The molecule has 1 fully saturated rings. The highest BCUT2D eigenvalue weighted by Crippen LogP contribution is 2.27. The van der Waals surface area contributed by atoms with Crippen molar-refractivity contribution in [2.75, 3.05) is 0 Å². The molecule has 0 amide bonds. The molecule has 1 aliphatic rings. The lowest BCUT2D eigenvalue weighted by molar-refractivity contribution is -0.139. The first-order chi connectivity index (χ1) is 9.75. The Balaban J connectivity index is 1.98. The Morgan fingerprint density at radius 1 is 1.10 bits per heavy atom. The molecule has 0 aromatic heterocycles. The zero-order valence-corrected chi connectivity index (χ0v) is 11.4. The third-order valence-corrected chi connectivity index (χ3v) is 4.14. The number of aliphatic carboxylic acids is 1. The van der Waals surface area contributed by atoms with E-state index in [1.807, 2.05) is 42.5 Å². The minimum Gasteiger partial charge on any atom is -0.480 e. The molecule has 0 bridgehead atoms. The van der Waals surface area contributed by atoms with Crippen LogP contribution in [0.15, 0.2) is 42.5 Å². The van der Waals surface area contributed by atoms with Gasteiger partial charge in [0.25, 0.3) is 0 Å². The fourth-order valence-electron chi connectivity index (χ4n) is 3.12. The second-order valence-electron chi connectivity index (χ2n) is 5.49. The van der Waals surface area contributed by atoms with Crippen molar-refractivity contribution in [3.05, 3.63) is 48.0 Å². The number of carbonyl (C=O) groups is 1. The molecule has 2 N–H and O–H groups in total. The molecule has 104 valence electrons. The molecule has 2 aromatic rings. The van der Waals surface area contributed by atoms with Gasteiger partial charge in [-0.25, -0.2) is 0 Å². The average molecular weight is 269 g/mol. The number of hydrogen-bond acceptors (Lipinski definition) is 2. The molecule has 0 saturated heterocycles. The van der Waals surface area contributed by atoms with Gasteiger partial charge in [-0.2, -0.15) is 0 Å². The highest BCUT2D eigenvalue weighted by atomic mass is 16.4. The van der Waals surface area contributed by atoms with E-state index in [2.05, 4.69) is 5.32 Å². The minimum atomic E-state index is -0.798. The van der Waals surface area contributed by atoms with E-state index in [1.54, 1.807) is 0 Å². The first-order valence-corrected chi connectivity index (χ1v) is 7.22. The third kappa shape index (κ3) is 2.54. The molecule has 0 aliphatic heterocycles. The van der Waals surface area contributed by atoms with Crippen LogP contribution in [0.5, 0.6) is 0 Å². The van der Waals surface area contributed by atoms with Gasteiger partial charge in [-0.05, 0) is 29.2 Å². The largest absolute Gasteiger partial charge is 0.480 e. The van der Waals surface area contributed by atoms with Crippen molar-refractivity contribution in [2.45, 2.75) is 37.8 Å². The summed E-state index contributed by atoms with van der Waals surface area (Å²) in [7, 11) is 0. The Bertz CT molecular complexity index is 612. The van der Waals surface area contributed by atoms with Crippen molar-refractivity contribution in [1.82, 2.24) is 5.32 Å². The van der Waals surface area contributed by atoms with Crippen molar-refractivity contribution in [2.24, 2.45) is 0 Å². The molecule has 20 heavy (non-hydrogen) atoms. The molecule has 1 saturated carbocycles. The van der Waals surface area contributed by atoms with Gasteiger partial charge in [0.1, 0.15) is 6.04 Å². The van der Waals surface area contributed by atoms with Gasteiger partial charge >= 0.3 is 5.97 Å². The van der Waals surface area contributed by atoms with Crippen molar-refractivity contribution >= 4 is 16.7 Å². The summed E-state index contributed by atoms with van der Waals surface area (Å²) in [6.45, 7) is 0. The van der Waals surface area contributed by atoms with E-state index in [0.717, 1.165) is 29.2 Å². The topological polar surface area (TPSA) is 49.3 Å². The van der Waals surface area contributed by atoms with E-state index in [1.165, 1.54) is 12.8 Å². The van der Waals surface area contributed by atoms with Crippen LogP contribution in [-0.2, 0) is 4.79 Å². The van der Waals surface area contributed by atoms with E-state index in [-0.39, 0.29) is 0 Å². The Kier molecular flexibility index (Phi) is 3.70. The molecule has 3 rings (SSSR count). The number of rotatable bonds is 4. The smallest absolute Gasteiger partial charge is 0.325 e. The van der Waals surface area contributed by atoms with E-state index >= 15 is 0 Å². The maximum absolute atomic E-state index is 11.7. The second-order valence-corrected chi connectivity index (χ2v) is 5.49. The summed E-state index contributed by atoms with van der Waals surface area (Å²) in [5.74, 6) is -0.798. The maximum Gasteiger partial charge on any atom is 0.325 e. The molecule has 3 heteroatoms. The number of nitrogens with one attached hydrogen (secondary N) is 1. The number of fused-ring (bicyclic) bond motifs is 1.